The molecule has 8 nitrogen and oxygen atoms in total. The van der Waals surface area contributed by atoms with Crippen LogP contribution in [0.1, 0.15) is 10.4 Å². The summed E-state index contributed by atoms with van der Waals surface area (Å²) in [5, 5.41) is 7.05. The lowest BCUT2D eigenvalue weighted by molar-refractivity contribution is -0.122. The molecule has 0 radical (unpaired) electrons. The van der Waals surface area contributed by atoms with E-state index in [0.29, 0.717) is 11.4 Å². The van der Waals surface area contributed by atoms with Gasteiger partial charge in [0.1, 0.15) is 18.0 Å². The molecule has 3 aromatic rings. The van der Waals surface area contributed by atoms with E-state index >= 15 is 0 Å². The zero-order valence-electron chi connectivity index (χ0n) is 15.8. The number of carbonyl (C=O) groups is 2. The molecule has 0 aliphatic heterocycles. The fourth-order valence-electron chi connectivity index (χ4n) is 2.52. The zero-order valence-corrected chi connectivity index (χ0v) is 16.6. The SMILES string of the molecule is Cc1ccc(-c2ccc(=O)n(CC(=O)NCc3ccc(OCC(N)=O)cc3)n2)s1. The van der Waals surface area contributed by atoms with Gasteiger partial charge in [-0.1, -0.05) is 12.1 Å². The summed E-state index contributed by atoms with van der Waals surface area (Å²) in [6, 6.07) is 13.9. The first-order valence-corrected chi connectivity index (χ1v) is 9.64. The average molecular weight is 412 g/mol. The number of nitrogens with zero attached hydrogens (tertiary/aromatic N) is 2. The summed E-state index contributed by atoms with van der Waals surface area (Å²) in [5.41, 5.74) is 6.18. The zero-order chi connectivity index (χ0) is 20.8. The van der Waals surface area contributed by atoms with E-state index < -0.39 is 5.91 Å². The first-order valence-electron chi connectivity index (χ1n) is 8.82. The van der Waals surface area contributed by atoms with Crippen molar-refractivity contribution in [3.63, 3.8) is 0 Å². The minimum Gasteiger partial charge on any atom is -0.484 e. The van der Waals surface area contributed by atoms with Crippen LogP contribution in [0.25, 0.3) is 10.6 Å². The van der Waals surface area contributed by atoms with Gasteiger partial charge in [0.05, 0.1) is 4.88 Å². The van der Waals surface area contributed by atoms with Crippen molar-refractivity contribution in [1.82, 2.24) is 15.1 Å². The number of aromatic nitrogens is 2. The Balaban J connectivity index is 1.58. The molecule has 9 heteroatoms. The molecule has 2 heterocycles. The lowest BCUT2D eigenvalue weighted by Gasteiger charge is -2.09. The number of benzene rings is 1. The van der Waals surface area contributed by atoms with E-state index in [-0.39, 0.29) is 31.2 Å². The van der Waals surface area contributed by atoms with Gasteiger partial charge < -0.3 is 15.8 Å². The second-order valence-electron chi connectivity index (χ2n) is 6.30. The molecule has 0 aliphatic carbocycles. The molecule has 0 spiro atoms. The monoisotopic (exact) mass is 412 g/mol. The highest BCUT2D eigenvalue weighted by atomic mass is 32.1. The summed E-state index contributed by atoms with van der Waals surface area (Å²) in [6.45, 7) is 1.92. The van der Waals surface area contributed by atoms with Crippen molar-refractivity contribution in [2.75, 3.05) is 6.61 Å². The van der Waals surface area contributed by atoms with Crippen LogP contribution in [0, 0.1) is 6.92 Å². The van der Waals surface area contributed by atoms with Crippen LogP contribution in [0.4, 0.5) is 0 Å². The quantitative estimate of drug-likeness (QED) is 0.581. The van der Waals surface area contributed by atoms with Gasteiger partial charge >= 0.3 is 0 Å². The molecule has 3 N–H and O–H groups in total. The van der Waals surface area contributed by atoms with Gasteiger partial charge in [-0.2, -0.15) is 5.10 Å². The molecule has 0 saturated heterocycles. The van der Waals surface area contributed by atoms with Crippen LogP contribution in [0.5, 0.6) is 5.75 Å². The van der Waals surface area contributed by atoms with E-state index in [1.54, 1.807) is 41.7 Å². The molecule has 1 aromatic carbocycles. The van der Waals surface area contributed by atoms with E-state index in [1.165, 1.54) is 6.07 Å². The molecule has 29 heavy (non-hydrogen) atoms. The summed E-state index contributed by atoms with van der Waals surface area (Å²) in [6.07, 6.45) is 0. The Hall–Kier alpha value is -3.46. The van der Waals surface area contributed by atoms with Gasteiger partial charge in [0.25, 0.3) is 11.5 Å². The number of aryl methyl sites for hydroxylation is 1. The van der Waals surface area contributed by atoms with Crippen LogP contribution in [-0.2, 0) is 22.7 Å². The molecule has 2 amide bonds. The normalized spacial score (nSPS) is 10.5. The molecule has 3 rings (SSSR count). The summed E-state index contributed by atoms with van der Waals surface area (Å²) < 4.78 is 6.34. The fourth-order valence-corrected chi connectivity index (χ4v) is 3.35. The average Bonchev–Trinajstić information content (AvgIpc) is 3.13. The van der Waals surface area contributed by atoms with Crippen LogP contribution in [0.15, 0.2) is 53.3 Å². The second-order valence-corrected chi connectivity index (χ2v) is 7.59. The van der Waals surface area contributed by atoms with Crippen molar-refractivity contribution >= 4 is 23.2 Å². The molecule has 0 unspecified atom stereocenters. The number of nitrogens with two attached hydrogens (primary N) is 1. The third kappa shape index (κ3) is 5.76. The maximum Gasteiger partial charge on any atom is 0.267 e. The Morgan fingerprint density at radius 2 is 1.90 bits per heavy atom. The highest BCUT2D eigenvalue weighted by molar-refractivity contribution is 7.15. The molecular formula is C20H20N4O4S. The van der Waals surface area contributed by atoms with Crippen molar-refractivity contribution in [2.24, 2.45) is 5.73 Å². The molecule has 0 atom stereocenters. The fraction of sp³-hybridized carbons (Fsp3) is 0.200. The number of ether oxygens (including phenoxy) is 1. The van der Waals surface area contributed by atoms with E-state index in [0.717, 1.165) is 20.0 Å². The number of nitrogens with one attached hydrogen (secondary N) is 1. The maximum atomic E-state index is 12.3. The van der Waals surface area contributed by atoms with Gasteiger partial charge in [-0.05, 0) is 42.8 Å². The van der Waals surface area contributed by atoms with Crippen LogP contribution in [-0.4, -0.2) is 28.2 Å². The first-order chi connectivity index (χ1) is 13.9. The summed E-state index contributed by atoms with van der Waals surface area (Å²) >= 11 is 1.57. The predicted molar refractivity (Wildman–Crippen MR) is 110 cm³/mol. The van der Waals surface area contributed by atoms with Gasteiger partial charge in [-0.15, -0.1) is 11.3 Å². The van der Waals surface area contributed by atoms with Crippen molar-refractivity contribution in [3.05, 3.63) is 69.3 Å². The lowest BCUT2D eigenvalue weighted by atomic mass is 10.2. The molecular weight excluding hydrogens is 392 g/mol. The lowest BCUT2D eigenvalue weighted by Crippen LogP contribution is -2.33. The molecule has 0 fully saturated rings. The molecule has 150 valence electrons. The van der Waals surface area contributed by atoms with Crippen LogP contribution in [0.3, 0.4) is 0 Å². The van der Waals surface area contributed by atoms with Crippen molar-refractivity contribution in [3.8, 4) is 16.3 Å². The van der Waals surface area contributed by atoms with Crippen molar-refractivity contribution < 1.29 is 14.3 Å². The van der Waals surface area contributed by atoms with Crippen molar-refractivity contribution in [2.45, 2.75) is 20.0 Å². The summed E-state index contributed by atoms with van der Waals surface area (Å²) in [5.74, 6) is -0.369. The Bertz CT molecular complexity index is 1070. The minimum absolute atomic E-state index is 0.170. The Morgan fingerprint density at radius 3 is 2.55 bits per heavy atom. The topological polar surface area (TPSA) is 116 Å². The Labute approximate surface area is 170 Å². The predicted octanol–water partition coefficient (Wildman–Crippen LogP) is 1.46. The number of amides is 2. The van der Waals surface area contributed by atoms with Gasteiger partial charge in [-0.3, -0.25) is 14.4 Å². The largest absolute Gasteiger partial charge is 0.484 e. The minimum atomic E-state index is -0.552. The second kappa shape index (κ2) is 9.16. The van der Waals surface area contributed by atoms with Crippen molar-refractivity contribution in [1.29, 1.82) is 0 Å². The van der Waals surface area contributed by atoms with Gasteiger partial charge in [0.2, 0.25) is 5.91 Å². The van der Waals surface area contributed by atoms with Gasteiger partial charge in [-0.25, -0.2) is 4.68 Å². The first kappa shape index (κ1) is 20.3. The number of primary amides is 1. The van der Waals surface area contributed by atoms with Crippen LogP contribution in [0.2, 0.25) is 0 Å². The van der Waals surface area contributed by atoms with Gasteiger partial charge in [0.15, 0.2) is 6.61 Å². The van der Waals surface area contributed by atoms with Crippen LogP contribution >= 0.6 is 11.3 Å². The smallest absolute Gasteiger partial charge is 0.267 e. The number of rotatable bonds is 8. The molecule has 0 bridgehead atoms. The van der Waals surface area contributed by atoms with Gasteiger partial charge in [0, 0.05) is 17.5 Å². The number of hydrogen-bond acceptors (Lipinski definition) is 6. The third-order valence-electron chi connectivity index (χ3n) is 3.95. The highest BCUT2D eigenvalue weighted by Crippen LogP contribution is 2.24. The number of thiophene rings is 1. The summed E-state index contributed by atoms with van der Waals surface area (Å²) in [7, 11) is 0. The Morgan fingerprint density at radius 1 is 1.14 bits per heavy atom. The summed E-state index contributed by atoms with van der Waals surface area (Å²) in [4.78, 5) is 37.1. The molecule has 0 saturated carbocycles. The standard InChI is InChI=1S/C20H20N4O4S/c1-13-2-8-17(29-13)16-7-9-20(27)24(23-16)11-19(26)22-10-14-3-5-15(6-4-14)28-12-18(21)25/h2-9H,10-12H2,1H3,(H2,21,25)(H,22,26). The number of hydrogen-bond donors (Lipinski definition) is 2. The van der Waals surface area contributed by atoms with E-state index in [4.69, 9.17) is 10.5 Å². The van der Waals surface area contributed by atoms with E-state index in [9.17, 15) is 14.4 Å². The van der Waals surface area contributed by atoms with E-state index in [1.807, 2.05) is 19.1 Å². The van der Waals surface area contributed by atoms with Crippen LogP contribution < -0.4 is 21.3 Å². The molecule has 2 aromatic heterocycles. The maximum absolute atomic E-state index is 12.3. The Kier molecular flexibility index (Phi) is 6.40. The highest BCUT2D eigenvalue weighted by Gasteiger charge is 2.09. The van der Waals surface area contributed by atoms with E-state index in [2.05, 4.69) is 10.4 Å². The molecule has 0 aliphatic rings. The third-order valence-corrected chi connectivity index (χ3v) is 4.97. The number of carbonyl (C=O) groups excluding carboxylic acids is 2.